The monoisotopic (exact) mass is 573 g/mol. The Hall–Kier alpha value is -3.38. The summed E-state index contributed by atoms with van der Waals surface area (Å²) < 4.78 is 28.0. The second-order valence-corrected chi connectivity index (χ2v) is 12.8. The molecule has 0 aliphatic carbocycles. The molecule has 1 aromatic carbocycles. The fourth-order valence-electron chi connectivity index (χ4n) is 5.63. The van der Waals surface area contributed by atoms with Gasteiger partial charge in [0.1, 0.15) is 5.82 Å². The maximum atomic E-state index is 13.8. The van der Waals surface area contributed by atoms with Gasteiger partial charge in [-0.2, -0.15) is 5.10 Å². The number of carbonyl (C=O) groups excluding carboxylic acids is 2. The summed E-state index contributed by atoms with van der Waals surface area (Å²) >= 11 is 6.20. The summed E-state index contributed by atoms with van der Waals surface area (Å²) in [6, 6.07) is 6.10. The second kappa shape index (κ2) is 10.3. The molecule has 2 aliphatic heterocycles. The van der Waals surface area contributed by atoms with Gasteiger partial charge in [-0.3, -0.25) is 14.3 Å². The van der Waals surface area contributed by atoms with Crippen LogP contribution in [0.1, 0.15) is 53.8 Å². The van der Waals surface area contributed by atoms with E-state index in [2.05, 4.69) is 9.62 Å². The topological polar surface area (TPSA) is 143 Å². The molecule has 0 unspecified atom stereocenters. The Balaban J connectivity index is 1.47. The number of halogens is 1. The lowest BCUT2D eigenvalue weighted by Crippen LogP contribution is -2.39. The first-order valence-corrected chi connectivity index (χ1v) is 15.2. The van der Waals surface area contributed by atoms with E-state index in [-0.39, 0.29) is 40.9 Å². The van der Waals surface area contributed by atoms with Crippen LogP contribution in [0.4, 0.5) is 11.5 Å². The van der Waals surface area contributed by atoms with Crippen LogP contribution in [0.15, 0.2) is 30.5 Å². The first kappa shape index (κ1) is 27.2. The molecule has 2 aliphatic rings. The predicted octanol–water partition coefficient (Wildman–Crippen LogP) is 2.99. The van der Waals surface area contributed by atoms with Crippen molar-refractivity contribution >= 4 is 50.6 Å². The largest absolute Gasteiger partial charge is 0.369 e. The van der Waals surface area contributed by atoms with Crippen LogP contribution in [0.5, 0.6) is 0 Å². The van der Waals surface area contributed by atoms with Gasteiger partial charge in [0.15, 0.2) is 5.65 Å². The number of benzene rings is 1. The average molecular weight is 574 g/mol. The van der Waals surface area contributed by atoms with Gasteiger partial charge in [-0.15, -0.1) is 0 Å². The number of amides is 2. The molecule has 39 heavy (non-hydrogen) atoms. The molecule has 5 rings (SSSR count). The van der Waals surface area contributed by atoms with E-state index in [1.807, 2.05) is 26.1 Å². The Morgan fingerprint density at radius 3 is 2.64 bits per heavy atom. The van der Waals surface area contributed by atoms with Crippen molar-refractivity contribution in [3.05, 3.63) is 52.3 Å². The van der Waals surface area contributed by atoms with Crippen molar-refractivity contribution in [2.45, 2.75) is 39.2 Å². The van der Waals surface area contributed by atoms with Crippen LogP contribution < -0.4 is 15.4 Å². The van der Waals surface area contributed by atoms with Crippen molar-refractivity contribution in [1.29, 1.82) is 0 Å². The number of likely N-dealkylation sites (tertiary alicyclic amines) is 1. The highest BCUT2D eigenvalue weighted by Crippen LogP contribution is 2.35. The molecule has 13 heteroatoms. The zero-order valence-electron chi connectivity index (χ0n) is 22.1. The van der Waals surface area contributed by atoms with E-state index in [1.54, 1.807) is 15.5 Å². The molecule has 2 saturated heterocycles. The van der Waals surface area contributed by atoms with Gasteiger partial charge in [-0.25, -0.2) is 17.9 Å². The molecule has 3 aromatic rings. The van der Waals surface area contributed by atoms with E-state index in [9.17, 15) is 18.0 Å². The Morgan fingerprint density at radius 1 is 1.18 bits per heavy atom. The fourth-order valence-corrected chi connectivity index (χ4v) is 6.38. The molecule has 3 N–H and O–H groups in total. The highest BCUT2D eigenvalue weighted by molar-refractivity contribution is 7.92. The molecule has 2 aromatic heterocycles. The summed E-state index contributed by atoms with van der Waals surface area (Å²) in [5.74, 6) is 0.0800. The van der Waals surface area contributed by atoms with E-state index in [4.69, 9.17) is 27.4 Å². The van der Waals surface area contributed by atoms with E-state index in [1.165, 1.54) is 12.1 Å². The number of sulfonamides is 1. The lowest BCUT2D eigenvalue weighted by Gasteiger charge is -2.35. The summed E-state index contributed by atoms with van der Waals surface area (Å²) in [7, 11) is -3.60. The van der Waals surface area contributed by atoms with Gasteiger partial charge in [-0.05, 0) is 50.3 Å². The number of hydrogen-bond donors (Lipinski definition) is 2. The van der Waals surface area contributed by atoms with Gasteiger partial charge in [0.25, 0.3) is 5.91 Å². The zero-order chi connectivity index (χ0) is 28.1. The number of rotatable bonds is 6. The van der Waals surface area contributed by atoms with Gasteiger partial charge < -0.3 is 15.5 Å². The van der Waals surface area contributed by atoms with Gasteiger partial charge >= 0.3 is 0 Å². The number of fused-ring (bicyclic) bond motifs is 1. The summed E-state index contributed by atoms with van der Waals surface area (Å²) in [5.41, 5.74) is 8.23. The van der Waals surface area contributed by atoms with Crippen molar-refractivity contribution in [1.82, 2.24) is 19.5 Å². The number of aryl methyl sites for hydroxylation is 1. The van der Waals surface area contributed by atoms with Crippen LogP contribution in [-0.2, 0) is 14.8 Å². The molecule has 208 valence electrons. The van der Waals surface area contributed by atoms with Crippen molar-refractivity contribution in [3.63, 3.8) is 0 Å². The van der Waals surface area contributed by atoms with Crippen LogP contribution in [0, 0.1) is 18.8 Å². The van der Waals surface area contributed by atoms with E-state index >= 15 is 0 Å². The quantitative estimate of drug-likeness (QED) is 0.461. The molecule has 0 bridgehead atoms. The summed E-state index contributed by atoms with van der Waals surface area (Å²) in [5, 5.41) is 5.11. The fraction of sp³-hybridized carbons (Fsp3) is 0.462. The van der Waals surface area contributed by atoms with Gasteiger partial charge in [0, 0.05) is 42.5 Å². The number of nitrogens with one attached hydrogen (secondary N) is 1. The number of hydrogen-bond acceptors (Lipinski definition) is 7. The third-order valence-electron chi connectivity index (χ3n) is 7.51. The van der Waals surface area contributed by atoms with Gasteiger partial charge in [-0.1, -0.05) is 18.5 Å². The minimum absolute atomic E-state index is 0.135. The maximum absolute atomic E-state index is 13.8. The molecule has 11 nitrogen and oxygen atoms in total. The zero-order valence-corrected chi connectivity index (χ0v) is 23.7. The first-order chi connectivity index (χ1) is 18.4. The third-order valence-corrected chi connectivity index (χ3v) is 8.34. The minimum atomic E-state index is -3.60. The Kier molecular flexibility index (Phi) is 7.19. The summed E-state index contributed by atoms with van der Waals surface area (Å²) in [4.78, 5) is 34.3. The summed E-state index contributed by atoms with van der Waals surface area (Å²) in [6.07, 6.45) is 5.39. The van der Waals surface area contributed by atoms with E-state index < -0.39 is 10.0 Å². The summed E-state index contributed by atoms with van der Waals surface area (Å²) in [6.45, 7) is 5.69. The Labute approximate surface area is 232 Å². The van der Waals surface area contributed by atoms with Crippen LogP contribution in [-0.4, -0.2) is 65.6 Å². The van der Waals surface area contributed by atoms with Gasteiger partial charge in [0.2, 0.25) is 15.9 Å². The number of aromatic nitrogens is 3. The second-order valence-electron chi connectivity index (χ2n) is 10.6. The molecule has 0 spiro atoms. The number of primary amides is 1. The molecule has 3 atom stereocenters. The number of nitrogens with zero attached hydrogens (tertiary/aromatic N) is 5. The van der Waals surface area contributed by atoms with Crippen molar-refractivity contribution in [3.8, 4) is 0 Å². The first-order valence-electron chi connectivity index (χ1n) is 12.9. The number of carbonyl (C=O) groups is 2. The predicted molar refractivity (Wildman–Crippen MR) is 149 cm³/mol. The molecular weight excluding hydrogens is 542 g/mol. The highest BCUT2D eigenvalue weighted by Gasteiger charge is 2.35. The average Bonchev–Trinajstić information content (AvgIpc) is 3.46. The molecule has 0 saturated carbocycles. The standard InChI is InChI=1S/C26H32ClN7O4S/c1-15-12-32(14-19(15)24(28)35)25-16(2)13-34-23(29-25)11-21(30-34)22-6-4-5-9-33(22)26(36)18-10-17(27)7-8-20(18)31-39(3,37)38/h7-8,10-11,13,15,19,22,31H,4-6,9,12,14H2,1-3H3,(H2,28,35)/t15-,19-,22+/m1/s1. The molecule has 0 radical (unpaired) electrons. The lowest BCUT2D eigenvalue weighted by atomic mass is 9.98. The van der Waals surface area contributed by atoms with Gasteiger partial charge in [0.05, 0.1) is 35.2 Å². The molecule has 2 fully saturated rings. The minimum Gasteiger partial charge on any atom is -0.369 e. The van der Waals surface area contributed by atoms with Crippen LogP contribution in [0.25, 0.3) is 5.65 Å². The lowest BCUT2D eigenvalue weighted by molar-refractivity contribution is -0.122. The molecule has 2 amide bonds. The smallest absolute Gasteiger partial charge is 0.256 e. The van der Waals surface area contributed by atoms with Crippen molar-refractivity contribution in [2.24, 2.45) is 17.6 Å². The normalized spacial score (nSPS) is 21.9. The van der Waals surface area contributed by atoms with Crippen LogP contribution in [0.2, 0.25) is 5.02 Å². The van der Waals surface area contributed by atoms with Crippen LogP contribution in [0.3, 0.4) is 0 Å². The number of anilines is 2. The Bertz CT molecular complexity index is 1560. The Morgan fingerprint density at radius 2 is 1.95 bits per heavy atom. The molecule has 4 heterocycles. The van der Waals surface area contributed by atoms with Crippen molar-refractivity contribution < 1.29 is 18.0 Å². The van der Waals surface area contributed by atoms with E-state index in [0.717, 1.165) is 30.5 Å². The third kappa shape index (κ3) is 5.53. The highest BCUT2D eigenvalue weighted by atomic mass is 35.5. The molecular formula is C26H32ClN7O4S. The number of piperidine rings is 1. The van der Waals surface area contributed by atoms with E-state index in [0.29, 0.717) is 42.4 Å². The van der Waals surface area contributed by atoms with Crippen LogP contribution >= 0.6 is 11.6 Å². The maximum Gasteiger partial charge on any atom is 0.256 e. The van der Waals surface area contributed by atoms with Crippen molar-refractivity contribution in [2.75, 3.05) is 35.5 Å². The number of nitrogens with two attached hydrogens (primary N) is 1. The SMILES string of the molecule is Cc1cn2nc([C@@H]3CCCCN3C(=O)c3cc(Cl)ccc3NS(C)(=O)=O)cc2nc1N1C[C@@H](C)[C@H](C(N)=O)C1.